The Balaban J connectivity index is 1.78. The maximum atomic E-state index is 13.1. The Morgan fingerprint density at radius 1 is 1.19 bits per heavy atom. The predicted molar refractivity (Wildman–Crippen MR) is 96.3 cm³/mol. The van der Waals surface area contributed by atoms with Gasteiger partial charge in [0, 0.05) is 20.2 Å². The molecule has 0 radical (unpaired) electrons. The molecule has 0 bridgehead atoms. The van der Waals surface area contributed by atoms with Crippen molar-refractivity contribution in [2.45, 2.75) is 13.1 Å². The summed E-state index contributed by atoms with van der Waals surface area (Å²) in [5.41, 5.74) is 1.26. The molecule has 1 amide bonds. The fourth-order valence-corrected chi connectivity index (χ4v) is 2.76. The number of H-pyrrole nitrogens is 1. The molecule has 7 heteroatoms. The van der Waals surface area contributed by atoms with E-state index in [0.717, 1.165) is 5.56 Å². The molecule has 6 nitrogen and oxygen atoms in total. The molecule has 136 valence electrons. The lowest BCUT2D eigenvalue weighted by molar-refractivity contribution is -0.133. The number of benzene rings is 2. The first-order valence-corrected chi connectivity index (χ1v) is 8.27. The Kier molecular flexibility index (Phi) is 5.48. The lowest BCUT2D eigenvalue weighted by Gasteiger charge is -2.22. The van der Waals surface area contributed by atoms with Gasteiger partial charge in [0.05, 0.1) is 17.5 Å². The summed E-state index contributed by atoms with van der Waals surface area (Å²) in [6.45, 7) is 0.964. The van der Waals surface area contributed by atoms with Crippen molar-refractivity contribution in [1.29, 1.82) is 0 Å². The summed E-state index contributed by atoms with van der Waals surface area (Å²) in [5, 5.41) is 3.50. The highest BCUT2D eigenvalue weighted by molar-refractivity contribution is 5.79. The molecular formula is C19H20FN3O3. The van der Waals surface area contributed by atoms with Gasteiger partial charge in [0.25, 0.3) is 5.56 Å². The molecule has 1 N–H and O–H groups in total. The normalized spacial score (nSPS) is 11.0. The topological polar surface area (TPSA) is 67.3 Å². The van der Waals surface area contributed by atoms with Crippen LogP contribution in [0.5, 0.6) is 0 Å². The second kappa shape index (κ2) is 7.97. The quantitative estimate of drug-likeness (QED) is 0.704. The Bertz CT molecular complexity index is 947. The third kappa shape index (κ3) is 4.00. The van der Waals surface area contributed by atoms with Gasteiger partial charge < -0.3 is 9.64 Å². The standard InChI is InChI=1S/C19H20FN3O3/c1-26-11-10-22(12-14-6-8-15(20)9-7-14)18(24)13-23-19(25)16-4-2-3-5-17(16)21-23/h2-9,21H,10-13H2,1H3. The minimum Gasteiger partial charge on any atom is -0.383 e. The largest absolute Gasteiger partial charge is 0.383 e. The zero-order chi connectivity index (χ0) is 18.5. The Labute approximate surface area is 149 Å². The average molecular weight is 357 g/mol. The molecule has 0 aliphatic heterocycles. The van der Waals surface area contributed by atoms with Crippen LogP contribution in [0.25, 0.3) is 10.9 Å². The van der Waals surface area contributed by atoms with Gasteiger partial charge in [-0.15, -0.1) is 0 Å². The average Bonchev–Trinajstić information content (AvgIpc) is 2.96. The molecule has 0 spiro atoms. The third-order valence-corrected chi connectivity index (χ3v) is 4.16. The van der Waals surface area contributed by atoms with Crippen LogP contribution in [0.2, 0.25) is 0 Å². The zero-order valence-electron chi connectivity index (χ0n) is 14.4. The fraction of sp³-hybridized carbons (Fsp3) is 0.263. The number of para-hydroxylation sites is 1. The number of nitrogens with one attached hydrogen (secondary N) is 1. The van der Waals surface area contributed by atoms with Crippen molar-refractivity contribution < 1.29 is 13.9 Å². The maximum Gasteiger partial charge on any atom is 0.274 e. The van der Waals surface area contributed by atoms with E-state index in [4.69, 9.17) is 4.74 Å². The van der Waals surface area contributed by atoms with Crippen LogP contribution in [0.1, 0.15) is 5.56 Å². The van der Waals surface area contributed by atoms with E-state index in [-0.39, 0.29) is 23.8 Å². The van der Waals surface area contributed by atoms with E-state index < -0.39 is 0 Å². The predicted octanol–water partition coefficient (Wildman–Crippen LogP) is 2.14. The van der Waals surface area contributed by atoms with Crippen LogP contribution >= 0.6 is 0 Å². The molecule has 1 aromatic heterocycles. The van der Waals surface area contributed by atoms with E-state index in [9.17, 15) is 14.0 Å². The molecule has 0 saturated heterocycles. The SMILES string of the molecule is COCCN(Cc1ccc(F)cc1)C(=O)Cn1[nH]c2ccccc2c1=O. The molecule has 2 aromatic carbocycles. The van der Waals surface area contributed by atoms with Gasteiger partial charge in [-0.05, 0) is 29.8 Å². The van der Waals surface area contributed by atoms with E-state index in [0.29, 0.717) is 30.6 Å². The summed E-state index contributed by atoms with van der Waals surface area (Å²) < 4.78 is 19.4. The molecular weight excluding hydrogens is 337 g/mol. The summed E-state index contributed by atoms with van der Waals surface area (Å²) in [6, 6.07) is 13.1. The van der Waals surface area contributed by atoms with Crippen molar-refractivity contribution in [3.63, 3.8) is 0 Å². The number of carbonyl (C=O) groups is 1. The molecule has 0 fully saturated rings. The zero-order valence-corrected chi connectivity index (χ0v) is 14.4. The number of ether oxygens (including phenoxy) is 1. The number of methoxy groups -OCH3 is 1. The van der Waals surface area contributed by atoms with Crippen LogP contribution in [0.3, 0.4) is 0 Å². The van der Waals surface area contributed by atoms with Crippen LogP contribution < -0.4 is 5.56 Å². The smallest absolute Gasteiger partial charge is 0.274 e. The van der Waals surface area contributed by atoms with Crippen LogP contribution in [-0.4, -0.2) is 40.8 Å². The lowest BCUT2D eigenvalue weighted by atomic mass is 10.2. The number of nitrogens with zero attached hydrogens (tertiary/aromatic N) is 2. The Hall–Kier alpha value is -2.93. The van der Waals surface area contributed by atoms with Crippen LogP contribution in [-0.2, 0) is 22.6 Å². The van der Waals surface area contributed by atoms with Crippen molar-refractivity contribution in [3.8, 4) is 0 Å². The number of carbonyl (C=O) groups excluding carboxylic acids is 1. The van der Waals surface area contributed by atoms with Crippen LogP contribution in [0, 0.1) is 5.82 Å². The van der Waals surface area contributed by atoms with E-state index in [2.05, 4.69) is 5.10 Å². The number of aromatic nitrogens is 2. The Morgan fingerprint density at radius 2 is 1.92 bits per heavy atom. The summed E-state index contributed by atoms with van der Waals surface area (Å²) in [4.78, 5) is 26.7. The molecule has 0 saturated carbocycles. The lowest BCUT2D eigenvalue weighted by Crippen LogP contribution is -2.37. The van der Waals surface area contributed by atoms with Gasteiger partial charge in [-0.2, -0.15) is 0 Å². The van der Waals surface area contributed by atoms with Crippen molar-refractivity contribution in [2.24, 2.45) is 0 Å². The van der Waals surface area contributed by atoms with Gasteiger partial charge in [-0.25, -0.2) is 9.07 Å². The van der Waals surface area contributed by atoms with Gasteiger partial charge in [-0.1, -0.05) is 24.3 Å². The van der Waals surface area contributed by atoms with Crippen molar-refractivity contribution >= 4 is 16.8 Å². The number of rotatable bonds is 7. The van der Waals surface area contributed by atoms with Gasteiger partial charge in [0.1, 0.15) is 12.4 Å². The number of aromatic amines is 1. The highest BCUT2D eigenvalue weighted by Crippen LogP contribution is 2.09. The number of halogens is 1. The highest BCUT2D eigenvalue weighted by atomic mass is 19.1. The van der Waals surface area contributed by atoms with Crippen LogP contribution in [0.15, 0.2) is 53.3 Å². The molecule has 3 aromatic rings. The van der Waals surface area contributed by atoms with Crippen molar-refractivity contribution in [3.05, 3.63) is 70.3 Å². The monoisotopic (exact) mass is 357 g/mol. The molecule has 0 unspecified atom stereocenters. The van der Waals surface area contributed by atoms with E-state index in [1.54, 1.807) is 42.3 Å². The first-order chi connectivity index (χ1) is 12.6. The van der Waals surface area contributed by atoms with E-state index in [1.807, 2.05) is 6.07 Å². The van der Waals surface area contributed by atoms with Gasteiger partial charge in [-0.3, -0.25) is 14.7 Å². The number of hydrogen-bond acceptors (Lipinski definition) is 3. The molecule has 1 heterocycles. The van der Waals surface area contributed by atoms with Crippen LogP contribution in [0.4, 0.5) is 4.39 Å². The molecule has 3 rings (SSSR count). The van der Waals surface area contributed by atoms with E-state index >= 15 is 0 Å². The molecule has 26 heavy (non-hydrogen) atoms. The number of hydrogen-bond donors (Lipinski definition) is 1. The van der Waals surface area contributed by atoms with Crippen molar-refractivity contribution in [2.75, 3.05) is 20.3 Å². The minimum absolute atomic E-state index is 0.0988. The molecule has 0 aliphatic rings. The van der Waals surface area contributed by atoms with Crippen molar-refractivity contribution in [1.82, 2.24) is 14.7 Å². The number of fused-ring (bicyclic) bond motifs is 1. The first kappa shape index (κ1) is 17.9. The van der Waals surface area contributed by atoms with Gasteiger partial charge >= 0.3 is 0 Å². The third-order valence-electron chi connectivity index (χ3n) is 4.16. The molecule has 0 atom stereocenters. The van der Waals surface area contributed by atoms with Gasteiger partial charge in [0.2, 0.25) is 5.91 Å². The fourth-order valence-electron chi connectivity index (χ4n) is 2.76. The second-order valence-electron chi connectivity index (χ2n) is 5.98. The van der Waals surface area contributed by atoms with Gasteiger partial charge in [0.15, 0.2) is 0 Å². The van der Waals surface area contributed by atoms with E-state index in [1.165, 1.54) is 16.8 Å². The Morgan fingerprint density at radius 3 is 2.62 bits per heavy atom. The maximum absolute atomic E-state index is 13.1. The summed E-state index contributed by atoms with van der Waals surface area (Å²) >= 11 is 0. The highest BCUT2D eigenvalue weighted by Gasteiger charge is 2.17. The number of amides is 1. The summed E-state index contributed by atoms with van der Waals surface area (Å²) in [5.74, 6) is -0.548. The first-order valence-electron chi connectivity index (χ1n) is 8.27. The summed E-state index contributed by atoms with van der Waals surface area (Å²) in [6.07, 6.45) is 0. The minimum atomic E-state index is -0.326. The molecule has 0 aliphatic carbocycles. The second-order valence-corrected chi connectivity index (χ2v) is 5.98. The summed E-state index contributed by atoms with van der Waals surface area (Å²) in [7, 11) is 1.56.